The second kappa shape index (κ2) is 7.52. The van der Waals surface area contributed by atoms with Crippen molar-refractivity contribution in [3.63, 3.8) is 0 Å². The van der Waals surface area contributed by atoms with Crippen molar-refractivity contribution in [1.82, 2.24) is 15.0 Å². The minimum Gasteiger partial charge on any atom is -0.381 e. The molecule has 0 N–H and O–H groups in total. The molecule has 1 saturated carbocycles. The topological polar surface area (TPSA) is 68.5 Å². The lowest BCUT2D eigenvalue weighted by Gasteiger charge is -2.36. The maximum atomic E-state index is 13.2. The van der Waals surface area contributed by atoms with E-state index in [1.54, 1.807) is 12.1 Å². The summed E-state index contributed by atoms with van der Waals surface area (Å²) in [6.45, 7) is 2.76. The number of aromatic nitrogens is 2. The van der Waals surface area contributed by atoms with E-state index < -0.39 is 0 Å². The molecule has 154 valence electrons. The van der Waals surface area contributed by atoms with Crippen LogP contribution >= 0.6 is 0 Å². The summed E-state index contributed by atoms with van der Waals surface area (Å²) < 4.78 is 24.5. The highest BCUT2D eigenvalue weighted by Crippen LogP contribution is 2.50. The average molecular weight is 399 g/mol. The van der Waals surface area contributed by atoms with Crippen molar-refractivity contribution in [2.75, 3.05) is 26.3 Å². The van der Waals surface area contributed by atoms with Crippen molar-refractivity contribution in [2.45, 2.75) is 44.4 Å². The second-order valence-corrected chi connectivity index (χ2v) is 8.69. The Kier molecular flexibility index (Phi) is 4.86. The molecule has 3 heterocycles. The molecular weight excluding hydrogens is 373 g/mol. The summed E-state index contributed by atoms with van der Waals surface area (Å²) in [5.74, 6) is 1.21. The molecule has 1 amide bonds. The fourth-order valence-corrected chi connectivity index (χ4v) is 5.29. The van der Waals surface area contributed by atoms with Crippen LogP contribution in [-0.2, 0) is 9.53 Å². The molecule has 1 aromatic carbocycles. The Morgan fingerprint density at radius 2 is 1.86 bits per heavy atom. The molecule has 0 radical (unpaired) electrons. The maximum absolute atomic E-state index is 13.2. The molecule has 2 aliphatic heterocycles. The monoisotopic (exact) mass is 399 g/mol. The van der Waals surface area contributed by atoms with E-state index in [0.29, 0.717) is 31.5 Å². The van der Waals surface area contributed by atoms with Gasteiger partial charge in [0.05, 0.1) is 5.92 Å². The van der Waals surface area contributed by atoms with Crippen LogP contribution in [0.25, 0.3) is 11.4 Å². The number of carbonyl (C=O) groups excluding carboxylic acids is 1. The van der Waals surface area contributed by atoms with Gasteiger partial charge in [-0.1, -0.05) is 18.0 Å². The van der Waals surface area contributed by atoms with E-state index in [1.165, 1.54) is 12.1 Å². The minimum absolute atomic E-state index is 0.0125. The van der Waals surface area contributed by atoms with Gasteiger partial charge in [0, 0.05) is 43.2 Å². The van der Waals surface area contributed by atoms with E-state index in [0.717, 1.165) is 50.6 Å². The van der Waals surface area contributed by atoms with Crippen LogP contribution in [-0.4, -0.2) is 47.3 Å². The summed E-state index contributed by atoms with van der Waals surface area (Å²) >= 11 is 0. The lowest BCUT2D eigenvalue weighted by atomic mass is 9.72. The smallest absolute Gasteiger partial charge is 0.232 e. The van der Waals surface area contributed by atoms with Crippen molar-refractivity contribution in [3.05, 3.63) is 36.0 Å². The van der Waals surface area contributed by atoms with Gasteiger partial charge in [-0.3, -0.25) is 4.79 Å². The van der Waals surface area contributed by atoms with Crippen molar-refractivity contribution >= 4 is 5.91 Å². The average Bonchev–Trinajstić information content (AvgIpc) is 3.49. The number of carbonyl (C=O) groups is 1. The Labute approximate surface area is 169 Å². The second-order valence-electron chi connectivity index (χ2n) is 8.69. The molecule has 2 aromatic rings. The third-order valence-corrected chi connectivity index (χ3v) is 6.99. The molecule has 0 bridgehead atoms. The summed E-state index contributed by atoms with van der Waals surface area (Å²) in [4.78, 5) is 19.8. The number of halogens is 1. The molecule has 6 nitrogen and oxygen atoms in total. The Balaban J connectivity index is 1.42. The Morgan fingerprint density at radius 3 is 2.59 bits per heavy atom. The van der Waals surface area contributed by atoms with E-state index in [-0.39, 0.29) is 29.0 Å². The fourth-order valence-electron chi connectivity index (χ4n) is 5.29. The first kappa shape index (κ1) is 18.7. The van der Waals surface area contributed by atoms with Gasteiger partial charge in [0.25, 0.3) is 0 Å². The van der Waals surface area contributed by atoms with E-state index in [2.05, 4.69) is 10.1 Å². The molecular formula is C22H26FN3O3. The molecule has 5 rings (SSSR count). The molecule has 7 heteroatoms. The first-order chi connectivity index (χ1) is 14.1. The van der Waals surface area contributed by atoms with Gasteiger partial charge in [0.15, 0.2) is 0 Å². The lowest BCUT2D eigenvalue weighted by molar-refractivity contribution is -0.135. The van der Waals surface area contributed by atoms with Crippen LogP contribution in [0.1, 0.15) is 50.3 Å². The van der Waals surface area contributed by atoms with E-state index in [4.69, 9.17) is 9.26 Å². The van der Waals surface area contributed by atoms with E-state index >= 15 is 0 Å². The van der Waals surface area contributed by atoms with Gasteiger partial charge in [-0.15, -0.1) is 0 Å². The zero-order chi connectivity index (χ0) is 19.8. The van der Waals surface area contributed by atoms with Crippen molar-refractivity contribution in [2.24, 2.45) is 11.3 Å². The molecule has 1 unspecified atom stereocenters. The summed E-state index contributed by atoms with van der Waals surface area (Å²) in [6, 6.07) is 6.09. The number of likely N-dealkylation sites (tertiary alicyclic amines) is 1. The SMILES string of the molecule is O=C(C1CCCC1)N1CC(c2nc(-c3ccc(F)cc3)no2)C2(CCOCC2)C1. The summed E-state index contributed by atoms with van der Waals surface area (Å²) in [5, 5.41) is 4.14. The number of benzene rings is 1. The third kappa shape index (κ3) is 3.45. The lowest BCUT2D eigenvalue weighted by Crippen LogP contribution is -2.38. The predicted octanol–water partition coefficient (Wildman–Crippen LogP) is 3.79. The Bertz CT molecular complexity index is 870. The number of hydrogen-bond donors (Lipinski definition) is 0. The van der Waals surface area contributed by atoms with Gasteiger partial charge < -0.3 is 14.2 Å². The first-order valence-corrected chi connectivity index (χ1v) is 10.6. The van der Waals surface area contributed by atoms with Gasteiger partial charge in [-0.05, 0) is 49.9 Å². The Hall–Kier alpha value is -2.28. The minimum atomic E-state index is -0.296. The zero-order valence-electron chi connectivity index (χ0n) is 16.5. The van der Waals surface area contributed by atoms with E-state index in [9.17, 15) is 9.18 Å². The van der Waals surface area contributed by atoms with Crippen LogP contribution in [0.15, 0.2) is 28.8 Å². The van der Waals surface area contributed by atoms with Crippen molar-refractivity contribution in [1.29, 1.82) is 0 Å². The summed E-state index contributed by atoms with van der Waals surface area (Å²) in [6.07, 6.45) is 6.09. The number of hydrogen-bond acceptors (Lipinski definition) is 5. The van der Waals surface area contributed by atoms with Gasteiger partial charge in [-0.2, -0.15) is 4.98 Å². The van der Waals surface area contributed by atoms with Crippen LogP contribution in [0, 0.1) is 17.2 Å². The van der Waals surface area contributed by atoms with E-state index in [1.807, 2.05) is 4.90 Å². The largest absolute Gasteiger partial charge is 0.381 e. The van der Waals surface area contributed by atoms with Crippen LogP contribution in [0.4, 0.5) is 4.39 Å². The Morgan fingerprint density at radius 1 is 1.14 bits per heavy atom. The standard InChI is InChI=1S/C22H26FN3O3/c23-17-7-5-15(6-8-17)19-24-20(29-25-19)18-13-26(21(27)16-3-1-2-4-16)14-22(18)9-11-28-12-10-22/h5-8,16,18H,1-4,9-14H2. The third-order valence-electron chi connectivity index (χ3n) is 6.99. The van der Waals surface area contributed by atoms with Gasteiger partial charge in [0.2, 0.25) is 17.6 Å². The van der Waals surface area contributed by atoms with Crippen LogP contribution in [0.2, 0.25) is 0 Å². The van der Waals surface area contributed by atoms with Crippen LogP contribution < -0.4 is 0 Å². The molecule has 3 aliphatic rings. The van der Waals surface area contributed by atoms with Gasteiger partial charge in [0.1, 0.15) is 5.82 Å². The molecule has 2 saturated heterocycles. The number of rotatable bonds is 3. The van der Waals surface area contributed by atoms with Crippen molar-refractivity contribution in [3.8, 4) is 11.4 Å². The molecule has 1 atom stereocenters. The zero-order valence-corrected chi connectivity index (χ0v) is 16.5. The predicted molar refractivity (Wildman–Crippen MR) is 103 cm³/mol. The first-order valence-electron chi connectivity index (χ1n) is 10.6. The van der Waals surface area contributed by atoms with Gasteiger partial charge >= 0.3 is 0 Å². The fraction of sp³-hybridized carbons (Fsp3) is 0.591. The molecule has 29 heavy (non-hydrogen) atoms. The highest BCUT2D eigenvalue weighted by atomic mass is 19.1. The summed E-state index contributed by atoms with van der Waals surface area (Å²) in [7, 11) is 0. The van der Waals surface area contributed by atoms with Crippen LogP contribution in [0.5, 0.6) is 0 Å². The number of amides is 1. The molecule has 3 fully saturated rings. The highest BCUT2D eigenvalue weighted by molar-refractivity contribution is 5.79. The number of nitrogens with zero attached hydrogens (tertiary/aromatic N) is 3. The molecule has 1 spiro atoms. The quantitative estimate of drug-likeness (QED) is 0.786. The van der Waals surface area contributed by atoms with Crippen LogP contribution in [0.3, 0.4) is 0 Å². The molecule has 1 aliphatic carbocycles. The van der Waals surface area contributed by atoms with Gasteiger partial charge in [-0.25, -0.2) is 4.39 Å². The maximum Gasteiger partial charge on any atom is 0.232 e. The number of ether oxygens (including phenoxy) is 1. The summed E-state index contributed by atoms with van der Waals surface area (Å²) in [5.41, 5.74) is 0.651. The normalized spacial score (nSPS) is 24.4. The highest BCUT2D eigenvalue weighted by Gasteiger charge is 2.52. The molecule has 1 aromatic heterocycles. The van der Waals surface area contributed by atoms with Crippen molar-refractivity contribution < 1.29 is 18.4 Å².